The average Bonchev–Trinajstić information content (AvgIpc) is 3.07. The van der Waals surface area contributed by atoms with Crippen molar-refractivity contribution in [1.29, 1.82) is 0 Å². The van der Waals surface area contributed by atoms with Gasteiger partial charge in [-0.15, -0.1) is 0 Å². The number of nitrogens with one attached hydrogen (secondary N) is 2. The lowest BCUT2D eigenvalue weighted by molar-refractivity contribution is -0.111. The zero-order chi connectivity index (χ0) is 16.1. The fraction of sp³-hybridized carbons (Fsp3) is 0.158. The summed E-state index contributed by atoms with van der Waals surface area (Å²) < 4.78 is 0. The fourth-order valence-electron chi connectivity index (χ4n) is 2.62. The monoisotopic (exact) mass is 305 g/mol. The smallest absolute Gasteiger partial charge is 0.187 e. The third-order valence-corrected chi connectivity index (χ3v) is 3.69. The lowest BCUT2D eigenvalue weighted by atomic mass is 9.98. The number of hydrogen-bond acceptors (Lipinski definition) is 3. The molecule has 116 valence electrons. The number of imidazole rings is 1. The second kappa shape index (κ2) is 6.92. The molecule has 1 aromatic heterocycles. The van der Waals surface area contributed by atoms with Crippen LogP contribution in [0.2, 0.25) is 0 Å². The minimum Gasteiger partial charge on any atom is -0.381 e. The normalized spacial score (nSPS) is 17.2. The molecular formula is C19H19N3O. The zero-order valence-electron chi connectivity index (χ0n) is 13.0. The van der Waals surface area contributed by atoms with E-state index in [1.807, 2.05) is 48.7 Å². The zero-order valence-corrected chi connectivity index (χ0v) is 13.0. The van der Waals surface area contributed by atoms with Crippen molar-refractivity contribution in [3.8, 4) is 0 Å². The van der Waals surface area contributed by atoms with Gasteiger partial charge in [0.2, 0.25) is 0 Å². The van der Waals surface area contributed by atoms with E-state index in [-0.39, 0.29) is 11.8 Å². The maximum atomic E-state index is 12.3. The van der Waals surface area contributed by atoms with Crippen LogP contribution < -0.4 is 5.32 Å². The fourth-order valence-corrected chi connectivity index (χ4v) is 2.62. The number of aromatic nitrogens is 2. The Labute approximate surface area is 135 Å². The Balaban J connectivity index is 1.90. The Morgan fingerprint density at radius 2 is 2.00 bits per heavy atom. The Morgan fingerprint density at radius 3 is 2.70 bits per heavy atom. The Kier molecular flexibility index (Phi) is 4.52. The van der Waals surface area contributed by atoms with Crippen molar-refractivity contribution >= 4 is 11.5 Å². The van der Waals surface area contributed by atoms with Crippen LogP contribution in [0, 0.1) is 0 Å². The van der Waals surface area contributed by atoms with E-state index in [1.54, 1.807) is 18.5 Å². The predicted octanol–water partition coefficient (Wildman–Crippen LogP) is 3.04. The minimum absolute atomic E-state index is 0.0209. The maximum absolute atomic E-state index is 12.3. The first-order valence-electron chi connectivity index (χ1n) is 7.66. The van der Waals surface area contributed by atoms with E-state index in [2.05, 4.69) is 22.2 Å². The second-order valence-corrected chi connectivity index (χ2v) is 5.56. The van der Waals surface area contributed by atoms with Crippen LogP contribution in [0.15, 0.2) is 72.7 Å². The van der Waals surface area contributed by atoms with Gasteiger partial charge in [-0.25, -0.2) is 4.98 Å². The average molecular weight is 305 g/mol. The van der Waals surface area contributed by atoms with Crippen molar-refractivity contribution in [2.24, 2.45) is 0 Å². The van der Waals surface area contributed by atoms with Gasteiger partial charge in [0.15, 0.2) is 5.78 Å². The summed E-state index contributed by atoms with van der Waals surface area (Å²) in [6.45, 7) is 2.09. The molecule has 1 unspecified atom stereocenters. The number of benzene rings is 1. The van der Waals surface area contributed by atoms with E-state index < -0.39 is 0 Å². The van der Waals surface area contributed by atoms with Gasteiger partial charge in [0.1, 0.15) is 0 Å². The van der Waals surface area contributed by atoms with Crippen LogP contribution in [0.1, 0.15) is 18.2 Å². The minimum atomic E-state index is 0.0209. The molecule has 1 aliphatic rings. The molecule has 0 saturated heterocycles. The van der Waals surface area contributed by atoms with Gasteiger partial charge in [0.25, 0.3) is 0 Å². The molecule has 0 fully saturated rings. The van der Waals surface area contributed by atoms with E-state index in [0.717, 1.165) is 23.4 Å². The second-order valence-electron chi connectivity index (χ2n) is 5.56. The van der Waals surface area contributed by atoms with Crippen molar-refractivity contribution in [1.82, 2.24) is 15.3 Å². The summed E-state index contributed by atoms with van der Waals surface area (Å²) in [6, 6.07) is 10.1. The lowest BCUT2D eigenvalue weighted by Crippen LogP contribution is -2.28. The highest BCUT2D eigenvalue weighted by molar-refractivity contribution is 6.12. The number of carbonyl (C=O) groups excluding carboxylic acids is 1. The van der Waals surface area contributed by atoms with Gasteiger partial charge in [0.05, 0.1) is 12.0 Å². The topological polar surface area (TPSA) is 57.8 Å². The summed E-state index contributed by atoms with van der Waals surface area (Å²) in [6.07, 6.45) is 11.4. The van der Waals surface area contributed by atoms with Gasteiger partial charge in [-0.05, 0) is 24.6 Å². The van der Waals surface area contributed by atoms with Crippen molar-refractivity contribution < 1.29 is 4.79 Å². The van der Waals surface area contributed by atoms with Gasteiger partial charge in [0, 0.05) is 29.9 Å². The van der Waals surface area contributed by atoms with Gasteiger partial charge >= 0.3 is 0 Å². The largest absolute Gasteiger partial charge is 0.381 e. The van der Waals surface area contributed by atoms with Crippen LogP contribution in [0.25, 0.3) is 5.70 Å². The first-order valence-corrected chi connectivity index (χ1v) is 7.66. The van der Waals surface area contributed by atoms with Gasteiger partial charge in [-0.1, -0.05) is 42.5 Å². The number of nitrogens with zero attached hydrogens (tertiary/aromatic N) is 1. The Bertz CT molecular complexity index is 755. The molecule has 0 saturated carbocycles. The van der Waals surface area contributed by atoms with Crippen molar-refractivity contribution in [2.75, 3.05) is 0 Å². The lowest BCUT2D eigenvalue weighted by Gasteiger charge is -2.20. The number of carbonyl (C=O) groups is 1. The highest BCUT2D eigenvalue weighted by Crippen LogP contribution is 2.21. The number of rotatable bonds is 5. The number of hydrogen-bond donors (Lipinski definition) is 2. The Hall–Kier alpha value is -2.88. The summed E-state index contributed by atoms with van der Waals surface area (Å²) in [5, 5.41) is 3.50. The van der Waals surface area contributed by atoms with E-state index >= 15 is 0 Å². The van der Waals surface area contributed by atoms with Crippen molar-refractivity contribution in [2.45, 2.75) is 19.4 Å². The summed E-state index contributed by atoms with van der Waals surface area (Å²) >= 11 is 0. The summed E-state index contributed by atoms with van der Waals surface area (Å²) in [5.41, 5.74) is 3.62. The molecule has 2 N–H and O–H groups in total. The molecule has 23 heavy (non-hydrogen) atoms. The molecule has 1 aromatic carbocycles. The van der Waals surface area contributed by atoms with Crippen LogP contribution in [-0.4, -0.2) is 21.8 Å². The summed E-state index contributed by atoms with van der Waals surface area (Å²) in [5.74, 6) is 0.0209. The van der Waals surface area contributed by atoms with Crippen LogP contribution in [0.4, 0.5) is 0 Å². The van der Waals surface area contributed by atoms with E-state index in [9.17, 15) is 4.79 Å². The first kappa shape index (κ1) is 15.0. The van der Waals surface area contributed by atoms with Crippen LogP contribution in [-0.2, 0) is 11.2 Å². The molecular weight excluding hydrogens is 286 g/mol. The van der Waals surface area contributed by atoms with Gasteiger partial charge in [-0.3, -0.25) is 4.79 Å². The van der Waals surface area contributed by atoms with Crippen molar-refractivity contribution in [3.63, 3.8) is 0 Å². The van der Waals surface area contributed by atoms with E-state index in [1.165, 1.54) is 0 Å². The predicted molar refractivity (Wildman–Crippen MR) is 91.5 cm³/mol. The first-order chi connectivity index (χ1) is 11.2. The third-order valence-electron chi connectivity index (χ3n) is 3.69. The van der Waals surface area contributed by atoms with Crippen LogP contribution >= 0.6 is 0 Å². The Morgan fingerprint density at radius 1 is 1.22 bits per heavy atom. The molecule has 4 nitrogen and oxygen atoms in total. The molecule has 0 aliphatic heterocycles. The van der Waals surface area contributed by atoms with Gasteiger partial charge in [-0.2, -0.15) is 0 Å². The molecule has 0 spiro atoms. The standard InChI is InChI=1S/C19H19N3O/c1-14(11-16-12-20-13-21-16)22-19(15-7-3-2-4-8-15)17-9-5-6-10-18(17)23/h2-10,12-14,22H,11H2,1H3,(H,20,21)/b19-17+. The molecule has 3 rings (SSSR count). The van der Waals surface area contributed by atoms with Crippen LogP contribution in [0.5, 0.6) is 0 Å². The number of allylic oxidation sites excluding steroid dienone is 5. The van der Waals surface area contributed by atoms with Crippen LogP contribution in [0.3, 0.4) is 0 Å². The highest BCUT2D eigenvalue weighted by atomic mass is 16.1. The molecule has 0 radical (unpaired) electrons. The van der Waals surface area contributed by atoms with Crippen molar-refractivity contribution in [3.05, 3.63) is 84.0 Å². The molecule has 1 atom stereocenters. The summed E-state index contributed by atoms with van der Waals surface area (Å²) in [4.78, 5) is 19.4. The van der Waals surface area contributed by atoms with Gasteiger partial charge < -0.3 is 10.3 Å². The number of H-pyrrole nitrogens is 1. The number of ketones is 1. The third kappa shape index (κ3) is 3.66. The van der Waals surface area contributed by atoms with E-state index in [0.29, 0.717) is 5.57 Å². The molecule has 0 bridgehead atoms. The van der Waals surface area contributed by atoms with E-state index in [4.69, 9.17) is 0 Å². The number of aromatic amines is 1. The molecule has 4 heteroatoms. The quantitative estimate of drug-likeness (QED) is 0.835. The molecule has 0 amide bonds. The molecule has 1 aliphatic carbocycles. The summed E-state index contributed by atoms with van der Waals surface area (Å²) in [7, 11) is 0. The maximum Gasteiger partial charge on any atom is 0.187 e. The SMILES string of the molecule is CC(Cc1cnc[nH]1)N/C(=C1\C=CC=CC1=O)c1ccccc1. The highest BCUT2D eigenvalue weighted by Gasteiger charge is 2.16. The molecule has 1 heterocycles. The molecule has 2 aromatic rings.